The minimum absolute atomic E-state index is 0.162. The summed E-state index contributed by atoms with van der Waals surface area (Å²) >= 11 is 0. The molecule has 0 saturated heterocycles. The Labute approximate surface area is 144 Å². The maximum Gasteiger partial charge on any atom is 0.378 e. The van der Waals surface area contributed by atoms with Gasteiger partial charge in [0.15, 0.2) is 6.61 Å². The van der Waals surface area contributed by atoms with Crippen LogP contribution in [-0.2, 0) is 9.53 Å². The molecule has 0 aromatic carbocycles. The minimum atomic E-state index is -0.844. The molecule has 0 spiro atoms. The number of ether oxygens (including phenoxy) is 1. The predicted octanol–water partition coefficient (Wildman–Crippen LogP) is 0.851. The van der Waals surface area contributed by atoms with Gasteiger partial charge in [0.05, 0.1) is 6.07 Å². The molecule has 2 aromatic heterocycles. The maximum absolute atomic E-state index is 12.1. The van der Waals surface area contributed by atoms with Crippen molar-refractivity contribution in [3.63, 3.8) is 0 Å². The summed E-state index contributed by atoms with van der Waals surface area (Å²) in [6.45, 7) is 3.16. The zero-order valence-corrected chi connectivity index (χ0v) is 14.1. The number of rotatable bonds is 4. The highest BCUT2D eigenvalue weighted by Gasteiger charge is 2.35. The second-order valence-corrected chi connectivity index (χ2v) is 6.21. The quantitative estimate of drug-likeness (QED) is 0.817. The molecule has 25 heavy (non-hydrogen) atoms. The number of aryl methyl sites for hydroxylation is 2. The van der Waals surface area contributed by atoms with E-state index in [1.54, 1.807) is 0 Å². The summed E-state index contributed by atoms with van der Waals surface area (Å²) in [4.78, 5) is 32.3. The van der Waals surface area contributed by atoms with E-state index in [2.05, 4.69) is 26.5 Å². The van der Waals surface area contributed by atoms with Crippen molar-refractivity contribution in [2.75, 3.05) is 6.61 Å². The summed E-state index contributed by atoms with van der Waals surface area (Å²) in [7, 11) is 0. The van der Waals surface area contributed by atoms with Gasteiger partial charge in [-0.05, 0) is 45.6 Å². The Morgan fingerprint density at radius 3 is 2.76 bits per heavy atom. The van der Waals surface area contributed by atoms with Crippen LogP contribution in [0.5, 0.6) is 0 Å². The Kier molecular flexibility index (Phi) is 4.35. The molecule has 0 unspecified atom stereocenters. The second-order valence-electron chi connectivity index (χ2n) is 6.21. The molecule has 9 nitrogen and oxygen atoms in total. The zero-order chi connectivity index (χ0) is 18.0. The molecule has 9 heteroatoms. The monoisotopic (exact) mass is 342 g/mol. The van der Waals surface area contributed by atoms with Crippen LogP contribution in [0.1, 0.15) is 47.7 Å². The molecule has 0 radical (unpaired) electrons. The van der Waals surface area contributed by atoms with Crippen molar-refractivity contribution >= 4 is 17.7 Å². The maximum atomic E-state index is 12.1. The summed E-state index contributed by atoms with van der Waals surface area (Å²) in [5, 5.41) is 16.0. The van der Waals surface area contributed by atoms with Crippen molar-refractivity contribution in [3.8, 4) is 6.07 Å². The largest absolute Gasteiger partial charge is 0.450 e. The molecule has 0 bridgehead atoms. The van der Waals surface area contributed by atoms with Gasteiger partial charge in [0.1, 0.15) is 5.54 Å². The van der Waals surface area contributed by atoms with E-state index in [0.29, 0.717) is 18.6 Å². The van der Waals surface area contributed by atoms with Crippen LogP contribution in [0.4, 0.5) is 0 Å². The number of nitrogens with zero attached hydrogens (tertiary/aromatic N) is 5. The van der Waals surface area contributed by atoms with Gasteiger partial charge in [0.25, 0.3) is 17.5 Å². The lowest BCUT2D eigenvalue weighted by Gasteiger charge is -2.21. The predicted molar refractivity (Wildman–Crippen MR) is 85.5 cm³/mol. The molecule has 1 fully saturated rings. The lowest BCUT2D eigenvalue weighted by molar-refractivity contribution is -0.125. The van der Waals surface area contributed by atoms with Crippen molar-refractivity contribution in [2.24, 2.45) is 0 Å². The molecule has 1 N–H and O–H groups in total. The molecule has 1 saturated carbocycles. The SMILES string of the molecule is Cc1cc(C)n2nc(C(=O)OCC(=O)NC3(C#N)CCCC3)nc2n1. The Morgan fingerprint density at radius 1 is 1.36 bits per heavy atom. The van der Waals surface area contributed by atoms with Crippen molar-refractivity contribution in [1.82, 2.24) is 24.9 Å². The molecular weight excluding hydrogens is 324 g/mol. The number of fused-ring (bicyclic) bond motifs is 1. The fraction of sp³-hybridized carbons (Fsp3) is 0.500. The normalized spacial score (nSPS) is 15.7. The molecular formula is C16H18N6O3. The van der Waals surface area contributed by atoms with Crippen molar-refractivity contribution in [3.05, 3.63) is 23.3 Å². The number of carbonyl (C=O) groups is 2. The van der Waals surface area contributed by atoms with E-state index in [9.17, 15) is 14.9 Å². The average molecular weight is 342 g/mol. The molecule has 3 rings (SSSR count). The van der Waals surface area contributed by atoms with Crippen molar-refractivity contribution in [2.45, 2.75) is 45.1 Å². The van der Waals surface area contributed by atoms with Gasteiger partial charge in [-0.2, -0.15) is 10.2 Å². The number of nitriles is 1. The third kappa shape index (κ3) is 3.42. The third-order valence-corrected chi connectivity index (χ3v) is 4.19. The highest BCUT2D eigenvalue weighted by atomic mass is 16.5. The Morgan fingerprint density at radius 2 is 2.08 bits per heavy atom. The van der Waals surface area contributed by atoms with E-state index >= 15 is 0 Å². The van der Waals surface area contributed by atoms with E-state index < -0.39 is 24.0 Å². The minimum Gasteiger partial charge on any atom is -0.450 e. The van der Waals surface area contributed by atoms with Crippen molar-refractivity contribution < 1.29 is 14.3 Å². The van der Waals surface area contributed by atoms with Crippen LogP contribution in [0.25, 0.3) is 5.78 Å². The number of esters is 1. The highest BCUT2D eigenvalue weighted by molar-refractivity contribution is 5.88. The van der Waals surface area contributed by atoms with E-state index in [4.69, 9.17) is 4.74 Å². The van der Waals surface area contributed by atoms with Gasteiger partial charge in [-0.1, -0.05) is 0 Å². The van der Waals surface area contributed by atoms with Crippen molar-refractivity contribution in [1.29, 1.82) is 5.26 Å². The highest BCUT2D eigenvalue weighted by Crippen LogP contribution is 2.28. The number of amides is 1. The Hall–Kier alpha value is -3.02. The first-order chi connectivity index (χ1) is 11.9. The van der Waals surface area contributed by atoms with Gasteiger partial charge in [-0.3, -0.25) is 4.79 Å². The smallest absolute Gasteiger partial charge is 0.378 e. The molecule has 0 aliphatic heterocycles. The fourth-order valence-electron chi connectivity index (χ4n) is 2.99. The summed E-state index contributed by atoms with van der Waals surface area (Å²) in [6.07, 6.45) is 3.01. The lowest BCUT2D eigenvalue weighted by Crippen LogP contribution is -2.46. The summed E-state index contributed by atoms with van der Waals surface area (Å²) in [5.41, 5.74) is 0.697. The fourth-order valence-corrected chi connectivity index (χ4v) is 2.99. The van der Waals surface area contributed by atoms with Gasteiger partial charge in [-0.25, -0.2) is 14.3 Å². The molecule has 1 aliphatic rings. The number of hydrogen-bond donors (Lipinski definition) is 1. The Balaban J connectivity index is 1.64. The summed E-state index contributed by atoms with van der Waals surface area (Å²) < 4.78 is 6.40. The van der Waals surface area contributed by atoms with Crippen LogP contribution in [0.2, 0.25) is 0 Å². The second kappa shape index (κ2) is 6.47. The van der Waals surface area contributed by atoms with Crippen LogP contribution in [0.3, 0.4) is 0 Å². The standard InChI is InChI=1S/C16H18N6O3/c1-10-7-11(2)22-15(18-10)19-13(21-22)14(24)25-8-12(23)20-16(9-17)5-3-4-6-16/h7H,3-6,8H2,1-2H3,(H,20,23). The third-order valence-electron chi connectivity index (χ3n) is 4.19. The van der Waals surface area contributed by atoms with Crippen LogP contribution in [0.15, 0.2) is 6.07 Å². The molecule has 0 atom stereocenters. The van der Waals surface area contributed by atoms with E-state index in [0.717, 1.165) is 24.2 Å². The van der Waals surface area contributed by atoms with E-state index in [-0.39, 0.29) is 5.82 Å². The first-order valence-corrected chi connectivity index (χ1v) is 8.03. The van der Waals surface area contributed by atoms with Crippen LogP contribution in [0, 0.1) is 25.2 Å². The topological polar surface area (TPSA) is 122 Å². The molecule has 1 aliphatic carbocycles. The van der Waals surface area contributed by atoms with E-state index in [1.165, 1.54) is 4.52 Å². The van der Waals surface area contributed by atoms with Gasteiger partial charge >= 0.3 is 5.97 Å². The van der Waals surface area contributed by atoms with Gasteiger partial charge in [0.2, 0.25) is 0 Å². The van der Waals surface area contributed by atoms with Crippen LogP contribution in [-0.4, -0.2) is 43.6 Å². The zero-order valence-electron chi connectivity index (χ0n) is 14.1. The number of aromatic nitrogens is 4. The van der Waals surface area contributed by atoms with Gasteiger partial charge in [-0.15, -0.1) is 5.10 Å². The van der Waals surface area contributed by atoms with Crippen LogP contribution >= 0.6 is 0 Å². The number of carbonyl (C=O) groups excluding carboxylic acids is 2. The summed E-state index contributed by atoms with van der Waals surface area (Å²) in [6, 6.07) is 3.96. The number of nitrogens with one attached hydrogen (secondary N) is 1. The first-order valence-electron chi connectivity index (χ1n) is 8.03. The van der Waals surface area contributed by atoms with Gasteiger partial charge in [0, 0.05) is 11.4 Å². The molecule has 2 aromatic rings. The average Bonchev–Trinajstić information content (AvgIpc) is 3.20. The molecule has 1 amide bonds. The number of hydrogen-bond acceptors (Lipinski definition) is 7. The van der Waals surface area contributed by atoms with E-state index in [1.807, 2.05) is 19.9 Å². The summed E-state index contributed by atoms with van der Waals surface area (Å²) in [5.74, 6) is -1.19. The first kappa shape index (κ1) is 16.8. The molecule has 130 valence electrons. The Bertz CT molecular complexity index is 876. The van der Waals surface area contributed by atoms with Crippen LogP contribution < -0.4 is 5.32 Å². The lowest BCUT2D eigenvalue weighted by atomic mass is 10.00. The molecule has 2 heterocycles. The van der Waals surface area contributed by atoms with Gasteiger partial charge < -0.3 is 10.1 Å².